The fraction of sp³-hybridized carbons (Fsp3) is 0.636. The smallest absolute Gasteiger partial charge is 0.267 e. The Hall–Kier alpha value is -0.420. The van der Waals surface area contributed by atoms with E-state index < -0.39 is 0 Å². The van der Waals surface area contributed by atoms with Crippen LogP contribution < -0.4 is 5.56 Å². The summed E-state index contributed by atoms with van der Waals surface area (Å²) in [4.78, 5) is 17.5. The van der Waals surface area contributed by atoms with Gasteiger partial charge in [-0.25, -0.2) is 4.98 Å². The first-order valence-electron chi connectivity index (χ1n) is 5.52. The van der Waals surface area contributed by atoms with Gasteiger partial charge in [0.15, 0.2) is 5.16 Å². The summed E-state index contributed by atoms with van der Waals surface area (Å²) in [5.74, 6) is 0.995. The van der Waals surface area contributed by atoms with Crippen LogP contribution in [0.25, 0.3) is 0 Å². The Bertz CT molecular complexity index is 456. The third kappa shape index (κ3) is 2.15. The summed E-state index contributed by atoms with van der Waals surface area (Å²) in [7, 11) is 1.82. The van der Waals surface area contributed by atoms with E-state index in [9.17, 15) is 4.79 Å². The topological polar surface area (TPSA) is 34.9 Å². The molecule has 0 amide bonds. The normalized spacial score (nSPS) is 16.2. The Kier molecular flexibility index (Phi) is 3.64. The second-order valence-electron chi connectivity index (χ2n) is 3.97. The van der Waals surface area contributed by atoms with Gasteiger partial charge in [-0.1, -0.05) is 25.6 Å². The fourth-order valence-electron chi connectivity index (χ4n) is 1.54. The first kappa shape index (κ1) is 12.0. The fourth-order valence-corrected chi connectivity index (χ4v) is 3.54. The van der Waals surface area contributed by atoms with Crippen LogP contribution in [0.4, 0.5) is 0 Å². The van der Waals surface area contributed by atoms with Gasteiger partial charge in [0.05, 0.1) is 10.6 Å². The van der Waals surface area contributed by atoms with Crippen molar-refractivity contribution in [2.24, 2.45) is 7.05 Å². The molecule has 1 atom stereocenters. The van der Waals surface area contributed by atoms with Crippen LogP contribution in [-0.2, 0) is 13.5 Å². The van der Waals surface area contributed by atoms with E-state index in [0.717, 1.165) is 34.3 Å². The molecule has 1 aliphatic heterocycles. The van der Waals surface area contributed by atoms with Crippen LogP contribution in [0.15, 0.2) is 14.8 Å². The molecule has 0 saturated heterocycles. The van der Waals surface area contributed by atoms with Crippen LogP contribution in [-0.4, -0.2) is 20.6 Å². The summed E-state index contributed by atoms with van der Waals surface area (Å²) in [5.41, 5.74) is 1.12. The number of fused-ring (bicyclic) bond motifs is 1. The summed E-state index contributed by atoms with van der Waals surface area (Å²) in [6, 6.07) is 0. The molecule has 1 aromatic heterocycles. The Labute approximate surface area is 104 Å². The Morgan fingerprint density at radius 1 is 1.62 bits per heavy atom. The molecule has 2 rings (SSSR count). The number of thioether (sulfide) groups is 2. The molecule has 5 heteroatoms. The second-order valence-corrected chi connectivity index (χ2v) is 6.48. The number of hydrogen-bond acceptors (Lipinski definition) is 4. The monoisotopic (exact) mass is 256 g/mol. The number of hydrogen-bond donors (Lipinski definition) is 0. The van der Waals surface area contributed by atoms with Gasteiger partial charge >= 0.3 is 0 Å². The second kappa shape index (κ2) is 4.84. The van der Waals surface area contributed by atoms with Crippen LogP contribution >= 0.6 is 23.5 Å². The lowest BCUT2D eigenvalue weighted by Crippen LogP contribution is -2.22. The van der Waals surface area contributed by atoms with Crippen molar-refractivity contribution in [2.75, 3.05) is 5.75 Å². The molecule has 0 radical (unpaired) electrons. The van der Waals surface area contributed by atoms with Gasteiger partial charge in [-0.05, 0) is 6.42 Å². The highest BCUT2D eigenvalue weighted by atomic mass is 32.2. The Morgan fingerprint density at radius 3 is 3.06 bits per heavy atom. The van der Waals surface area contributed by atoms with Crippen molar-refractivity contribution in [3.8, 4) is 0 Å². The highest BCUT2D eigenvalue weighted by Gasteiger charge is 2.20. The van der Waals surface area contributed by atoms with E-state index in [1.807, 2.05) is 7.05 Å². The van der Waals surface area contributed by atoms with Crippen molar-refractivity contribution in [1.29, 1.82) is 0 Å². The molecular weight excluding hydrogens is 240 g/mol. The number of aryl methyl sites for hydroxylation is 1. The predicted octanol–water partition coefficient (Wildman–Crippen LogP) is 2.32. The molecule has 0 unspecified atom stereocenters. The van der Waals surface area contributed by atoms with E-state index in [2.05, 4.69) is 18.8 Å². The van der Waals surface area contributed by atoms with Crippen molar-refractivity contribution < 1.29 is 0 Å². The zero-order valence-electron chi connectivity index (χ0n) is 9.82. The number of aromatic nitrogens is 2. The van der Waals surface area contributed by atoms with Gasteiger partial charge in [0.25, 0.3) is 5.56 Å². The summed E-state index contributed by atoms with van der Waals surface area (Å²) in [6.07, 6.45) is 2.02. The summed E-state index contributed by atoms with van der Waals surface area (Å²) >= 11 is 3.33. The maximum Gasteiger partial charge on any atom is 0.267 e. The van der Waals surface area contributed by atoms with Crippen molar-refractivity contribution >= 4 is 23.5 Å². The van der Waals surface area contributed by atoms with E-state index in [-0.39, 0.29) is 5.56 Å². The van der Waals surface area contributed by atoms with E-state index >= 15 is 0 Å². The quantitative estimate of drug-likeness (QED) is 0.614. The first-order valence-corrected chi connectivity index (χ1v) is 7.39. The first-order chi connectivity index (χ1) is 7.63. The highest BCUT2D eigenvalue weighted by Crippen LogP contribution is 2.29. The van der Waals surface area contributed by atoms with Gasteiger partial charge in [0, 0.05) is 24.5 Å². The molecule has 0 aliphatic carbocycles. The third-order valence-corrected chi connectivity index (χ3v) is 5.16. The average Bonchev–Trinajstić information content (AvgIpc) is 2.73. The number of rotatable bonds is 3. The Balaban J connectivity index is 2.40. The van der Waals surface area contributed by atoms with Crippen LogP contribution in [0, 0.1) is 0 Å². The lowest BCUT2D eigenvalue weighted by atomic mass is 10.3. The summed E-state index contributed by atoms with van der Waals surface area (Å²) in [6.45, 7) is 4.32. The van der Waals surface area contributed by atoms with Crippen molar-refractivity contribution in [1.82, 2.24) is 9.55 Å². The molecule has 88 valence electrons. The standard InChI is InChI=1S/C11H16N2OS2/c1-4-7(2)16-11-12-8-5-6-15-9(8)10(14)13(11)3/h7H,4-6H2,1-3H3/t7-/m1/s1. The lowest BCUT2D eigenvalue weighted by Gasteiger charge is -2.12. The molecule has 1 aliphatic rings. The van der Waals surface area contributed by atoms with Gasteiger partial charge in [0.1, 0.15) is 0 Å². The molecule has 1 aromatic rings. The van der Waals surface area contributed by atoms with Gasteiger partial charge in [-0.15, -0.1) is 11.8 Å². The molecule has 0 aromatic carbocycles. The van der Waals surface area contributed by atoms with Crippen LogP contribution in [0.2, 0.25) is 0 Å². The van der Waals surface area contributed by atoms with Gasteiger partial charge in [-0.3, -0.25) is 9.36 Å². The van der Waals surface area contributed by atoms with Crippen LogP contribution in [0.3, 0.4) is 0 Å². The highest BCUT2D eigenvalue weighted by molar-refractivity contribution is 8.00. The minimum absolute atomic E-state index is 0.123. The summed E-state index contributed by atoms with van der Waals surface area (Å²) in [5, 5.41) is 1.37. The van der Waals surface area contributed by atoms with Gasteiger partial charge < -0.3 is 0 Å². The summed E-state index contributed by atoms with van der Waals surface area (Å²) < 4.78 is 1.69. The molecule has 0 bridgehead atoms. The van der Waals surface area contributed by atoms with Crippen LogP contribution in [0.5, 0.6) is 0 Å². The SMILES string of the molecule is CC[C@@H](C)Sc1nc2c(c(=O)n1C)SCC2. The zero-order valence-corrected chi connectivity index (χ0v) is 11.5. The number of nitrogens with zero attached hydrogens (tertiary/aromatic N) is 2. The molecular formula is C11H16N2OS2. The van der Waals surface area contributed by atoms with E-state index in [4.69, 9.17) is 0 Å². The molecule has 0 fully saturated rings. The third-order valence-electron chi connectivity index (χ3n) is 2.75. The van der Waals surface area contributed by atoms with E-state index in [0.29, 0.717) is 5.25 Å². The minimum Gasteiger partial charge on any atom is -0.290 e. The average molecular weight is 256 g/mol. The van der Waals surface area contributed by atoms with Crippen LogP contribution in [0.1, 0.15) is 26.0 Å². The maximum atomic E-state index is 12.0. The molecule has 0 spiro atoms. The molecule has 0 N–H and O–H groups in total. The predicted molar refractivity (Wildman–Crippen MR) is 69.5 cm³/mol. The molecule has 2 heterocycles. The lowest BCUT2D eigenvalue weighted by molar-refractivity contribution is 0.666. The maximum absolute atomic E-state index is 12.0. The van der Waals surface area contributed by atoms with Crippen molar-refractivity contribution in [2.45, 2.75) is 42.0 Å². The van der Waals surface area contributed by atoms with Gasteiger partial charge in [0.2, 0.25) is 0 Å². The van der Waals surface area contributed by atoms with E-state index in [1.165, 1.54) is 0 Å². The Morgan fingerprint density at radius 2 is 2.38 bits per heavy atom. The molecule has 16 heavy (non-hydrogen) atoms. The molecule has 0 saturated carbocycles. The largest absolute Gasteiger partial charge is 0.290 e. The minimum atomic E-state index is 0.123. The van der Waals surface area contributed by atoms with Crippen molar-refractivity contribution in [3.05, 3.63) is 16.0 Å². The molecule has 3 nitrogen and oxygen atoms in total. The van der Waals surface area contributed by atoms with Crippen molar-refractivity contribution in [3.63, 3.8) is 0 Å². The van der Waals surface area contributed by atoms with E-state index in [1.54, 1.807) is 28.1 Å². The van der Waals surface area contributed by atoms with Gasteiger partial charge in [-0.2, -0.15) is 0 Å². The zero-order chi connectivity index (χ0) is 11.7.